The van der Waals surface area contributed by atoms with Crippen LogP contribution in [0.15, 0.2) is 30.6 Å². The summed E-state index contributed by atoms with van der Waals surface area (Å²) in [6, 6.07) is 6.14. The first-order valence-corrected chi connectivity index (χ1v) is 5.83. The fourth-order valence-corrected chi connectivity index (χ4v) is 1.56. The maximum absolute atomic E-state index is 4.32. The average Bonchev–Trinajstić information content (AvgIpc) is 2.85. The van der Waals surface area contributed by atoms with Crippen LogP contribution in [0.25, 0.3) is 0 Å². The molecule has 2 rings (SSSR count). The molecular formula is C12H17N5. The van der Waals surface area contributed by atoms with Gasteiger partial charge in [0.05, 0.1) is 24.1 Å². The van der Waals surface area contributed by atoms with E-state index in [1.54, 1.807) is 17.2 Å². The molecule has 2 heterocycles. The van der Waals surface area contributed by atoms with Crippen molar-refractivity contribution in [3.63, 3.8) is 0 Å². The standard InChI is InChI=1S/C12H17N5/c1-3-17-15-9-11(16-17)8-14-10(2)12-6-4-5-7-13-12/h4-7,9-10,14H,3,8H2,1-2H3. The monoisotopic (exact) mass is 231 g/mol. The maximum atomic E-state index is 4.32. The van der Waals surface area contributed by atoms with Gasteiger partial charge in [-0.15, -0.1) is 0 Å². The SMILES string of the molecule is CCn1ncc(CNC(C)c2ccccn2)n1. The van der Waals surface area contributed by atoms with E-state index in [0.29, 0.717) is 6.54 Å². The Balaban J connectivity index is 1.90. The van der Waals surface area contributed by atoms with E-state index in [0.717, 1.165) is 17.9 Å². The van der Waals surface area contributed by atoms with Crippen molar-refractivity contribution in [3.05, 3.63) is 42.0 Å². The summed E-state index contributed by atoms with van der Waals surface area (Å²) in [6.45, 7) is 5.62. The second kappa shape index (κ2) is 5.54. The molecular weight excluding hydrogens is 214 g/mol. The molecule has 0 bridgehead atoms. The average molecular weight is 231 g/mol. The van der Waals surface area contributed by atoms with Crippen LogP contribution in [0.1, 0.15) is 31.3 Å². The molecule has 1 N–H and O–H groups in total. The fraction of sp³-hybridized carbons (Fsp3) is 0.417. The van der Waals surface area contributed by atoms with Crippen molar-refractivity contribution in [2.75, 3.05) is 0 Å². The molecule has 0 aliphatic heterocycles. The van der Waals surface area contributed by atoms with Crippen LogP contribution in [0.4, 0.5) is 0 Å². The topological polar surface area (TPSA) is 55.6 Å². The highest BCUT2D eigenvalue weighted by molar-refractivity contribution is 5.07. The number of aryl methyl sites for hydroxylation is 1. The molecule has 1 atom stereocenters. The third-order valence-corrected chi connectivity index (χ3v) is 2.59. The van der Waals surface area contributed by atoms with Gasteiger partial charge in [-0.2, -0.15) is 15.0 Å². The Morgan fingerprint density at radius 3 is 2.94 bits per heavy atom. The normalized spacial score (nSPS) is 12.6. The largest absolute Gasteiger partial charge is 0.303 e. The first-order valence-electron chi connectivity index (χ1n) is 5.83. The van der Waals surface area contributed by atoms with E-state index in [2.05, 4.69) is 27.4 Å². The lowest BCUT2D eigenvalue weighted by molar-refractivity contribution is 0.532. The molecule has 90 valence electrons. The lowest BCUT2D eigenvalue weighted by Crippen LogP contribution is -2.19. The van der Waals surface area contributed by atoms with Gasteiger partial charge in [-0.05, 0) is 26.0 Å². The van der Waals surface area contributed by atoms with E-state index in [1.165, 1.54) is 0 Å². The van der Waals surface area contributed by atoms with Crippen LogP contribution in [0.2, 0.25) is 0 Å². The van der Waals surface area contributed by atoms with Crippen molar-refractivity contribution in [1.82, 2.24) is 25.3 Å². The lowest BCUT2D eigenvalue weighted by Gasteiger charge is -2.11. The molecule has 0 fully saturated rings. The molecule has 5 nitrogen and oxygen atoms in total. The highest BCUT2D eigenvalue weighted by atomic mass is 15.5. The highest BCUT2D eigenvalue weighted by Gasteiger charge is 2.06. The molecule has 0 radical (unpaired) electrons. The van der Waals surface area contributed by atoms with Crippen molar-refractivity contribution in [1.29, 1.82) is 0 Å². The molecule has 0 aliphatic carbocycles. The van der Waals surface area contributed by atoms with Crippen LogP contribution in [0.3, 0.4) is 0 Å². The summed E-state index contributed by atoms with van der Waals surface area (Å²) >= 11 is 0. The summed E-state index contributed by atoms with van der Waals surface area (Å²) in [6.07, 6.45) is 3.60. The van der Waals surface area contributed by atoms with E-state index in [-0.39, 0.29) is 6.04 Å². The van der Waals surface area contributed by atoms with E-state index in [4.69, 9.17) is 0 Å². The summed E-state index contributed by atoms with van der Waals surface area (Å²) in [4.78, 5) is 5.99. The number of aromatic nitrogens is 4. The van der Waals surface area contributed by atoms with Gasteiger partial charge in [0.25, 0.3) is 0 Å². The van der Waals surface area contributed by atoms with Gasteiger partial charge >= 0.3 is 0 Å². The molecule has 2 aromatic heterocycles. The number of rotatable bonds is 5. The molecule has 0 spiro atoms. The Morgan fingerprint density at radius 2 is 2.29 bits per heavy atom. The zero-order valence-electron chi connectivity index (χ0n) is 10.2. The number of nitrogens with zero attached hydrogens (tertiary/aromatic N) is 4. The minimum Gasteiger partial charge on any atom is -0.303 e. The number of hydrogen-bond donors (Lipinski definition) is 1. The fourth-order valence-electron chi connectivity index (χ4n) is 1.56. The van der Waals surface area contributed by atoms with E-state index in [9.17, 15) is 0 Å². The first-order chi connectivity index (χ1) is 8.29. The van der Waals surface area contributed by atoms with Gasteiger partial charge in [-0.25, -0.2) is 0 Å². The number of nitrogens with one attached hydrogen (secondary N) is 1. The van der Waals surface area contributed by atoms with Gasteiger partial charge in [-0.1, -0.05) is 6.07 Å². The highest BCUT2D eigenvalue weighted by Crippen LogP contribution is 2.08. The quantitative estimate of drug-likeness (QED) is 0.848. The minimum absolute atomic E-state index is 0.211. The van der Waals surface area contributed by atoms with Crippen LogP contribution in [0, 0.1) is 0 Å². The van der Waals surface area contributed by atoms with Crippen molar-refractivity contribution in [2.45, 2.75) is 33.0 Å². The molecule has 1 unspecified atom stereocenters. The Hall–Kier alpha value is -1.75. The summed E-state index contributed by atoms with van der Waals surface area (Å²) in [5, 5.41) is 11.8. The van der Waals surface area contributed by atoms with Crippen molar-refractivity contribution in [3.8, 4) is 0 Å². The lowest BCUT2D eigenvalue weighted by atomic mass is 10.2. The van der Waals surface area contributed by atoms with Crippen LogP contribution in [-0.2, 0) is 13.1 Å². The van der Waals surface area contributed by atoms with E-state index >= 15 is 0 Å². The third-order valence-electron chi connectivity index (χ3n) is 2.59. The van der Waals surface area contributed by atoms with Crippen molar-refractivity contribution < 1.29 is 0 Å². The third kappa shape index (κ3) is 3.10. The Labute approximate surface area is 101 Å². The van der Waals surface area contributed by atoms with Crippen LogP contribution in [0.5, 0.6) is 0 Å². The summed E-state index contributed by atoms with van der Waals surface area (Å²) < 4.78 is 0. The molecule has 17 heavy (non-hydrogen) atoms. The minimum atomic E-state index is 0.211. The van der Waals surface area contributed by atoms with Crippen LogP contribution >= 0.6 is 0 Å². The maximum Gasteiger partial charge on any atom is 0.0965 e. The molecule has 2 aromatic rings. The van der Waals surface area contributed by atoms with E-state index in [1.807, 2.05) is 25.1 Å². The first kappa shape index (κ1) is 11.7. The predicted molar refractivity (Wildman–Crippen MR) is 65.2 cm³/mol. The molecule has 0 saturated heterocycles. The predicted octanol–water partition coefficient (Wildman–Crippen LogP) is 1.54. The zero-order valence-corrected chi connectivity index (χ0v) is 10.2. The Morgan fingerprint density at radius 1 is 1.41 bits per heavy atom. The summed E-state index contributed by atoms with van der Waals surface area (Å²) in [5.41, 5.74) is 1.99. The van der Waals surface area contributed by atoms with Gasteiger partial charge in [0, 0.05) is 18.8 Å². The van der Waals surface area contributed by atoms with Gasteiger partial charge in [0.2, 0.25) is 0 Å². The number of hydrogen-bond acceptors (Lipinski definition) is 4. The van der Waals surface area contributed by atoms with Crippen molar-refractivity contribution >= 4 is 0 Å². The molecule has 0 aliphatic rings. The molecule has 0 aromatic carbocycles. The number of pyridine rings is 1. The molecule has 5 heteroatoms. The van der Waals surface area contributed by atoms with Gasteiger partial charge in [0.15, 0.2) is 0 Å². The van der Waals surface area contributed by atoms with Gasteiger partial charge < -0.3 is 5.32 Å². The van der Waals surface area contributed by atoms with E-state index < -0.39 is 0 Å². The van der Waals surface area contributed by atoms with Crippen LogP contribution in [-0.4, -0.2) is 20.0 Å². The molecule has 0 saturated carbocycles. The van der Waals surface area contributed by atoms with Crippen LogP contribution < -0.4 is 5.32 Å². The summed E-state index contributed by atoms with van der Waals surface area (Å²) in [7, 11) is 0. The van der Waals surface area contributed by atoms with Gasteiger partial charge in [-0.3, -0.25) is 4.98 Å². The van der Waals surface area contributed by atoms with Crippen molar-refractivity contribution in [2.24, 2.45) is 0 Å². The second-order valence-corrected chi connectivity index (χ2v) is 3.88. The Kier molecular flexibility index (Phi) is 3.82. The van der Waals surface area contributed by atoms with Gasteiger partial charge in [0.1, 0.15) is 0 Å². The zero-order chi connectivity index (χ0) is 12.1. The smallest absolute Gasteiger partial charge is 0.0965 e. The second-order valence-electron chi connectivity index (χ2n) is 3.88. The molecule has 0 amide bonds. The Bertz CT molecular complexity index is 451. The summed E-state index contributed by atoms with van der Waals surface area (Å²) in [5.74, 6) is 0.